The summed E-state index contributed by atoms with van der Waals surface area (Å²) in [5.41, 5.74) is 0. The van der Waals surface area contributed by atoms with E-state index in [1.807, 2.05) is 0 Å². The molecule has 2 rings (SSSR count). The smallest absolute Gasteiger partial charge is 0.117 e. The Morgan fingerprint density at radius 3 is 2.56 bits per heavy atom. The fraction of sp³-hybridized carbons (Fsp3) is 0.733. The quantitative estimate of drug-likeness (QED) is 0.841. The van der Waals surface area contributed by atoms with Crippen molar-refractivity contribution in [3.8, 4) is 0 Å². The van der Waals surface area contributed by atoms with E-state index in [1.54, 1.807) is 0 Å². The second kappa shape index (κ2) is 6.95. The molecule has 0 bridgehead atoms. The molecule has 1 fully saturated rings. The predicted octanol–water partition coefficient (Wildman–Crippen LogP) is 2.81. The highest BCUT2D eigenvalue weighted by Gasteiger charge is 2.18. The van der Waals surface area contributed by atoms with Crippen molar-refractivity contribution in [1.29, 1.82) is 0 Å². The van der Waals surface area contributed by atoms with Crippen LogP contribution in [0.25, 0.3) is 0 Å². The second-order valence-corrected chi connectivity index (χ2v) is 5.22. The van der Waals surface area contributed by atoms with Gasteiger partial charge in [-0.1, -0.05) is 13.8 Å². The number of piperidine rings is 1. The zero-order valence-electron chi connectivity index (χ0n) is 11.7. The number of nitrogens with zero attached hydrogens (tertiary/aromatic N) is 1. The largest absolute Gasteiger partial charge is 0.465 e. The molecule has 1 aliphatic rings. The Balaban J connectivity index is 1.68. The molecule has 0 saturated carbocycles. The van der Waals surface area contributed by atoms with Crippen LogP contribution in [0.4, 0.5) is 0 Å². The summed E-state index contributed by atoms with van der Waals surface area (Å²) in [5, 5.41) is 3.62. The van der Waals surface area contributed by atoms with Gasteiger partial charge in [-0.25, -0.2) is 0 Å². The summed E-state index contributed by atoms with van der Waals surface area (Å²) in [6.45, 7) is 8.99. The van der Waals surface area contributed by atoms with E-state index < -0.39 is 0 Å². The number of hydrogen-bond acceptors (Lipinski definition) is 3. The van der Waals surface area contributed by atoms with Gasteiger partial charge in [-0.05, 0) is 51.0 Å². The highest BCUT2D eigenvalue weighted by Crippen LogP contribution is 2.13. The third kappa shape index (κ3) is 3.85. The molecule has 102 valence electrons. The van der Waals surface area contributed by atoms with E-state index in [4.69, 9.17) is 4.42 Å². The molecule has 0 radical (unpaired) electrons. The second-order valence-electron chi connectivity index (χ2n) is 5.22. The van der Waals surface area contributed by atoms with Crippen LogP contribution in [-0.4, -0.2) is 30.6 Å². The average molecular weight is 250 g/mol. The van der Waals surface area contributed by atoms with Crippen molar-refractivity contribution >= 4 is 0 Å². The molecule has 0 atom stereocenters. The molecule has 3 heteroatoms. The highest BCUT2D eigenvalue weighted by molar-refractivity contribution is 5.06. The first-order chi connectivity index (χ1) is 8.81. The van der Waals surface area contributed by atoms with Crippen LogP contribution in [0.15, 0.2) is 16.5 Å². The molecule has 0 aromatic carbocycles. The summed E-state index contributed by atoms with van der Waals surface area (Å²) in [6, 6.07) is 4.84. The van der Waals surface area contributed by atoms with E-state index in [1.165, 1.54) is 38.9 Å². The molecule has 1 aromatic heterocycles. The predicted molar refractivity (Wildman–Crippen MR) is 74.7 cm³/mol. The monoisotopic (exact) mass is 250 g/mol. The lowest BCUT2D eigenvalue weighted by Crippen LogP contribution is -2.42. The topological polar surface area (TPSA) is 28.4 Å². The van der Waals surface area contributed by atoms with E-state index in [0.717, 1.165) is 24.5 Å². The maximum absolute atomic E-state index is 5.71. The zero-order chi connectivity index (χ0) is 12.8. The van der Waals surface area contributed by atoms with Crippen molar-refractivity contribution in [3.05, 3.63) is 23.7 Å². The molecule has 1 N–H and O–H groups in total. The molecule has 1 aliphatic heterocycles. The minimum absolute atomic E-state index is 0.660. The van der Waals surface area contributed by atoms with Crippen molar-refractivity contribution in [3.63, 3.8) is 0 Å². The van der Waals surface area contributed by atoms with Gasteiger partial charge in [0.1, 0.15) is 11.5 Å². The third-order valence-corrected chi connectivity index (χ3v) is 3.76. The van der Waals surface area contributed by atoms with Gasteiger partial charge in [0.05, 0.1) is 6.54 Å². The van der Waals surface area contributed by atoms with Gasteiger partial charge in [-0.15, -0.1) is 0 Å². The van der Waals surface area contributed by atoms with E-state index in [0.29, 0.717) is 6.04 Å². The molecule has 1 saturated heterocycles. The van der Waals surface area contributed by atoms with Crippen LogP contribution in [-0.2, 0) is 13.0 Å². The number of nitrogens with one attached hydrogen (secondary N) is 1. The molecule has 0 amide bonds. The van der Waals surface area contributed by atoms with Crippen LogP contribution in [0.2, 0.25) is 0 Å². The van der Waals surface area contributed by atoms with Crippen molar-refractivity contribution in [2.45, 2.75) is 52.1 Å². The third-order valence-electron chi connectivity index (χ3n) is 3.76. The van der Waals surface area contributed by atoms with Gasteiger partial charge in [0, 0.05) is 12.5 Å². The van der Waals surface area contributed by atoms with Crippen LogP contribution < -0.4 is 5.32 Å². The van der Waals surface area contributed by atoms with Gasteiger partial charge >= 0.3 is 0 Å². The number of furan rings is 1. The lowest BCUT2D eigenvalue weighted by Gasteiger charge is -2.32. The Kier molecular flexibility index (Phi) is 5.26. The van der Waals surface area contributed by atoms with E-state index >= 15 is 0 Å². The van der Waals surface area contributed by atoms with Crippen LogP contribution in [0.3, 0.4) is 0 Å². The molecular formula is C15H26N2O. The standard InChI is InChI=1S/C15H26N2O/c1-3-9-17-10-7-13(8-11-17)16-12-15-6-5-14(4-2)18-15/h5-6,13,16H,3-4,7-12H2,1-2H3. The van der Waals surface area contributed by atoms with E-state index in [-0.39, 0.29) is 0 Å². The van der Waals surface area contributed by atoms with Crippen molar-refractivity contribution < 1.29 is 4.42 Å². The van der Waals surface area contributed by atoms with Crippen LogP contribution in [0.1, 0.15) is 44.6 Å². The molecule has 3 nitrogen and oxygen atoms in total. The Labute approximate surface area is 111 Å². The maximum Gasteiger partial charge on any atom is 0.117 e. The number of rotatable bonds is 6. The first-order valence-corrected chi connectivity index (χ1v) is 7.35. The van der Waals surface area contributed by atoms with E-state index in [9.17, 15) is 0 Å². The zero-order valence-corrected chi connectivity index (χ0v) is 11.7. The van der Waals surface area contributed by atoms with E-state index in [2.05, 4.69) is 36.2 Å². The molecule has 0 unspecified atom stereocenters. The van der Waals surface area contributed by atoms with Crippen LogP contribution in [0.5, 0.6) is 0 Å². The summed E-state index contributed by atoms with van der Waals surface area (Å²) in [6.07, 6.45) is 4.78. The molecular weight excluding hydrogens is 224 g/mol. The lowest BCUT2D eigenvalue weighted by molar-refractivity contribution is 0.196. The van der Waals surface area contributed by atoms with Gasteiger partial charge < -0.3 is 14.6 Å². The molecule has 0 spiro atoms. The van der Waals surface area contributed by atoms with Gasteiger partial charge in [0.2, 0.25) is 0 Å². The minimum Gasteiger partial charge on any atom is -0.465 e. The van der Waals surface area contributed by atoms with Gasteiger partial charge in [-0.2, -0.15) is 0 Å². The van der Waals surface area contributed by atoms with Crippen LogP contribution in [0, 0.1) is 0 Å². The Bertz CT molecular complexity index is 340. The fourth-order valence-electron chi connectivity index (χ4n) is 2.63. The first-order valence-electron chi connectivity index (χ1n) is 7.35. The Morgan fingerprint density at radius 2 is 1.94 bits per heavy atom. The van der Waals surface area contributed by atoms with Crippen LogP contribution >= 0.6 is 0 Å². The SMILES string of the molecule is CCCN1CCC(NCc2ccc(CC)o2)CC1. The molecule has 0 aliphatic carbocycles. The van der Waals surface area contributed by atoms with Gasteiger partial charge in [0.25, 0.3) is 0 Å². The Morgan fingerprint density at radius 1 is 1.22 bits per heavy atom. The summed E-state index contributed by atoms with van der Waals surface area (Å²) < 4.78 is 5.71. The van der Waals surface area contributed by atoms with Gasteiger partial charge in [0.15, 0.2) is 0 Å². The normalized spacial score (nSPS) is 18.3. The molecule has 2 heterocycles. The van der Waals surface area contributed by atoms with Gasteiger partial charge in [-0.3, -0.25) is 0 Å². The summed E-state index contributed by atoms with van der Waals surface area (Å²) in [4.78, 5) is 2.57. The Hall–Kier alpha value is -0.800. The summed E-state index contributed by atoms with van der Waals surface area (Å²) >= 11 is 0. The summed E-state index contributed by atoms with van der Waals surface area (Å²) in [5.74, 6) is 2.16. The number of aryl methyl sites for hydroxylation is 1. The lowest BCUT2D eigenvalue weighted by atomic mass is 10.0. The highest BCUT2D eigenvalue weighted by atomic mass is 16.3. The number of likely N-dealkylation sites (tertiary alicyclic amines) is 1. The molecule has 18 heavy (non-hydrogen) atoms. The summed E-state index contributed by atoms with van der Waals surface area (Å²) in [7, 11) is 0. The number of hydrogen-bond donors (Lipinski definition) is 1. The fourth-order valence-corrected chi connectivity index (χ4v) is 2.63. The minimum atomic E-state index is 0.660. The first kappa shape index (κ1) is 13.6. The van der Waals surface area contributed by atoms with Crippen molar-refractivity contribution in [2.75, 3.05) is 19.6 Å². The average Bonchev–Trinajstić information content (AvgIpc) is 2.86. The van der Waals surface area contributed by atoms with Crippen molar-refractivity contribution in [1.82, 2.24) is 10.2 Å². The van der Waals surface area contributed by atoms with Crippen molar-refractivity contribution in [2.24, 2.45) is 0 Å². The maximum atomic E-state index is 5.71. The molecule has 1 aromatic rings.